The monoisotopic (exact) mass is 381 g/mol. The lowest BCUT2D eigenvalue weighted by molar-refractivity contribution is 0.0926. The SMILES string of the molecule is O=C(N[C@@H]1CCc2ccccc21)c1nc2n(n1)-c1ccccc1S(=O)(=O)N2. The Hall–Kier alpha value is -3.20. The van der Waals surface area contributed by atoms with Gasteiger partial charge in [0.05, 0.1) is 11.7 Å². The van der Waals surface area contributed by atoms with Gasteiger partial charge in [-0.25, -0.2) is 13.1 Å². The summed E-state index contributed by atoms with van der Waals surface area (Å²) in [5, 5.41) is 7.17. The van der Waals surface area contributed by atoms with Crippen LogP contribution in [0.1, 0.15) is 34.2 Å². The van der Waals surface area contributed by atoms with Crippen molar-refractivity contribution in [3.63, 3.8) is 0 Å². The van der Waals surface area contributed by atoms with Crippen LogP contribution in [0.15, 0.2) is 53.4 Å². The number of aryl methyl sites for hydroxylation is 1. The van der Waals surface area contributed by atoms with Crippen LogP contribution in [0, 0.1) is 0 Å². The van der Waals surface area contributed by atoms with Crippen molar-refractivity contribution in [3.05, 3.63) is 65.5 Å². The number of sulfonamides is 1. The normalized spacial score (nSPS) is 18.7. The van der Waals surface area contributed by atoms with Crippen LogP contribution in [0.5, 0.6) is 0 Å². The molecule has 1 aliphatic heterocycles. The number of hydrogen-bond acceptors (Lipinski definition) is 5. The van der Waals surface area contributed by atoms with Crippen LogP contribution < -0.4 is 10.0 Å². The van der Waals surface area contributed by atoms with Crippen molar-refractivity contribution >= 4 is 21.9 Å². The molecule has 0 saturated carbocycles. The van der Waals surface area contributed by atoms with Crippen molar-refractivity contribution in [2.24, 2.45) is 0 Å². The molecule has 3 aromatic rings. The Morgan fingerprint density at radius 1 is 1.15 bits per heavy atom. The van der Waals surface area contributed by atoms with Gasteiger partial charge in [0.2, 0.25) is 11.8 Å². The second kappa shape index (κ2) is 5.65. The fourth-order valence-electron chi connectivity index (χ4n) is 3.61. The molecule has 136 valence electrons. The van der Waals surface area contributed by atoms with Gasteiger partial charge in [0.25, 0.3) is 15.9 Å². The number of nitrogens with zero attached hydrogens (tertiary/aromatic N) is 3. The molecule has 0 radical (unpaired) electrons. The summed E-state index contributed by atoms with van der Waals surface area (Å²) in [4.78, 5) is 16.9. The quantitative estimate of drug-likeness (QED) is 0.704. The van der Waals surface area contributed by atoms with Crippen LogP contribution in [0.3, 0.4) is 0 Å². The van der Waals surface area contributed by atoms with Crippen molar-refractivity contribution in [1.29, 1.82) is 0 Å². The first-order valence-corrected chi connectivity index (χ1v) is 9.99. The maximum absolute atomic E-state index is 12.7. The minimum absolute atomic E-state index is 0.00525. The summed E-state index contributed by atoms with van der Waals surface area (Å²) in [6, 6.07) is 14.3. The topological polar surface area (TPSA) is 106 Å². The second-order valence-corrected chi connectivity index (χ2v) is 8.16. The Morgan fingerprint density at radius 3 is 2.81 bits per heavy atom. The molecule has 0 fully saturated rings. The van der Waals surface area contributed by atoms with E-state index >= 15 is 0 Å². The average molecular weight is 381 g/mol. The number of hydrogen-bond donors (Lipinski definition) is 2. The standard InChI is InChI=1S/C18H15N5O3S/c24-17(19-13-10-9-11-5-1-2-6-12(11)13)16-20-18-22-27(25,26)15-8-4-3-7-14(15)23(18)21-16/h1-8,13H,9-10H2,(H,19,24)(H,20,21,22)/t13-/m1/s1. The first-order chi connectivity index (χ1) is 13.0. The lowest BCUT2D eigenvalue weighted by Gasteiger charge is -2.17. The van der Waals surface area contributed by atoms with Crippen molar-refractivity contribution in [2.75, 3.05) is 4.72 Å². The summed E-state index contributed by atoms with van der Waals surface area (Å²) in [5.74, 6) is -0.505. The van der Waals surface area contributed by atoms with Gasteiger partial charge < -0.3 is 5.32 Å². The summed E-state index contributed by atoms with van der Waals surface area (Å²) in [7, 11) is -3.74. The molecule has 1 aromatic heterocycles. The molecule has 0 saturated heterocycles. The third-order valence-corrected chi connectivity index (χ3v) is 6.23. The second-order valence-electron chi connectivity index (χ2n) is 6.51. The van der Waals surface area contributed by atoms with Gasteiger partial charge in [0.1, 0.15) is 4.90 Å². The summed E-state index contributed by atoms with van der Waals surface area (Å²) >= 11 is 0. The summed E-state index contributed by atoms with van der Waals surface area (Å²) < 4.78 is 28.4. The van der Waals surface area contributed by atoms with E-state index in [9.17, 15) is 13.2 Å². The molecule has 2 aromatic carbocycles. The molecule has 1 aliphatic carbocycles. The van der Waals surface area contributed by atoms with Gasteiger partial charge in [-0.3, -0.25) is 4.79 Å². The molecule has 5 rings (SSSR count). The van der Waals surface area contributed by atoms with E-state index < -0.39 is 15.9 Å². The van der Waals surface area contributed by atoms with Crippen LogP contribution in [0.2, 0.25) is 0 Å². The maximum Gasteiger partial charge on any atom is 0.291 e. The molecular formula is C18H15N5O3S. The molecule has 1 amide bonds. The van der Waals surface area contributed by atoms with E-state index in [1.54, 1.807) is 18.2 Å². The van der Waals surface area contributed by atoms with Crippen LogP contribution >= 0.6 is 0 Å². The number of fused-ring (bicyclic) bond motifs is 4. The molecular weight excluding hydrogens is 366 g/mol. The lowest BCUT2D eigenvalue weighted by atomic mass is 10.1. The van der Waals surface area contributed by atoms with Gasteiger partial charge in [-0.1, -0.05) is 36.4 Å². The van der Waals surface area contributed by atoms with Gasteiger partial charge in [0.15, 0.2) is 0 Å². The number of nitrogens with one attached hydrogen (secondary N) is 2. The zero-order valence-corrected chi connectivity index (χ0v) is 14.9. The molecule has 9 heteroatoms. The van der Waals surface area contributed by atoms with Crippen molar-refractivity contribution < 1.29 is 13.2 Å². The number of benzene rings is 2. The van der Waals surface area contributed by atoms with Crippen molar-refractivity contribution in [3.8, 4) is 5.69 Å². The van der Waals surface area contributed by atoms with E-state index in [-0.39, 0.29) is 22.7 Å². The predicted molar refractivity (Wildman–Crippen MR) is 97.1 cm³/mol. The minimum atomic E-state index is -3.74. The summed E-state index contributed by atoms with van der Waals surface area (Å²) in [6.45, 7) is 0. The number of rotatable bonds is 2. The highest BCUT2D eigenvalue weighted by molar-refractivity contribution is 7.92. The molecule has 2 heterocycles. The fraction of sp³-hybridized carbons (Fsp3) is 0.167. The van der Waals surface area contributed by atoms with Crippen LogP contribution in [-0.4, -0.2) is 29.1 Å². The van der Waals surface area contributed by atoms with E-state index in [1.807, 2.05) is 18.2 Å². The lowest BCUT2D eigenvalue weighted by Crippen LogP contribution is -2.28. The van der Waals surface area contributed by atoms with Gasteiger partial charge in [-0.2, -0.15) is 9.67 Å². The smallest absolute Gasteiger partial charge is 0.291 e. The Kier molecular flexibility index (Phi) is 3.35. The van der Waals surface area contributed by atoms with Crippen molar-refractivity contribution in [2.45, 2.75) is 23.8 Å². The van der Waals surface area contributed by atoms with Gasteiger partial charge >= 0.3 is 0 Å². The Bertz CT molecular complexity index is 1190. The van der Waals surface area contributed by atoms with E-state index in [0.717, 1.165) is 18.4 Å². The third kappa shape index (κ3) is 2.50. The van der Waals surface area contributed by atoms with Crippen molar-refractivity contribution in [1.82, 2.24) is 20.1 Å². The van der Waals surface area contributed by atoms with Crippen LogP contribution in [0.4, 0.5) is 5.95 Å². The average Bonchev–Trinajstić information content (AvgIpc) is 3.26. The van der Waals surface area contributed by atoms with Crippen LogP contribution in [-0.2, 0) is 16.4 Å². The van der Waals surface area contributed by atoms with Gasteiger partial charge in [-0.05, 0) is 36.1 Å². The third-order valence-electron chi connectivity index (χ3n) is 4.86. The fourth-order valence-corrected chi connectivity index (χ4v) is 4.78. The highest BCUT2D eigenvalue weighted by atomic mass is 32.2. The summed E-state index contributed by atoms with van der Waals surface area (Å²) in [5.41, 5.74) is 2.69. The van der Waals surface area contributed by atoms with E-state index in [4.69, 9.17) is 0 Å². The van der Waals surface area contributed by atoms with E-state index in [2.05, 4.69) is 26.2 Å². The molecule has 1 atom stereocenters. The number of anilines is 1. The summed E-state index contributed by atoms with van der Waals surface area (Å²) in [6.07, 6.45) is 1.72. The van der Waals surface area contributed by atoms with Crippen LogP contribution in [0.25, 0.3) is 5.69 Å². The maximum atomic E-state index is 12.7. The zero-order valence-electron chi connectivity index (χ0n) is 14.1. The highest BCUT2D eigenvalue weighted by Gasteiger charge is 2.32. The first-order valence-electron chi connectivity index (χ1n) is 8.51. The molecule has 27 heavy (non-hydrogen) atoms. The number of aromatic nitrogens is 3. The molecule has 0 unspecified atom stereocenters. The number of carbonyl (C=O) groups excluding carboxylic acids is 1. The number of amides is 1. The molecule has 8 nitrogen and oxygen atoms in total. The van der Waals surface area contributed by atoms with Gasteiger partial charge in [-0.15, -0.1) is 5.10 Å². The van der Waals surface area contributed by atoms with E-state index in [0.29, 0.717) is 5.69 Å². The number of carbonyl (C=O) groups is 1. The first kappa shape index (κ1) is 16.0. The molecule has 2 N–H and O–H groups in total. The molecule has 0 spiro atoms. The van der Waals surface area contributed by atoms with Gasteiger partial charge in [0, 0.05) is 0 Å². The molecule has 0 bridgehead atoms. The minimum Gasteiger partial charge on any atom is -0.342 e. The molecule has 2 aliphatic rings. The number of para-hydroxylation sites is 1. The largest absolute Gasteiger partial charge is 0.342 e. The Morgan fingerprint density at radius 2 is 1.93 bits per heavy atom. The Balaban J connectivity index is 1.48. The van der Waals surface area contributed by atoms with E-state index in [1.165, 1.54) is 16.3 Å². The Labute approximate surface area is 155 Å². The highest BCUT2D eigenvalue weighted by Crippen LogP contribution is 2.32. The predicted octanol–water partition coefficient (Wildman–Crippen LogP) is 1.80. The zero-order chi connectivity index (χ0) is 18.6.